The molecule has 0 unspecified atom stereocenters. The summed E-state index contributed by atoms with van der Waals surface area (Å²) in [5.41, 5.74) is 4.06. The molecule has 1 amide bonds. The number of imidazole rings is 1. The second kappa shape index (κ2) is 5.85. The molecule has 0 saturated carbocycles. The van der Waals surface area contributed by atoms with Crippen LogP contribution >= 0.6 is 0 Å². The third kappa shape index (κ3) is 2.72. The molecule has 0 N–H and O–H groups in total. The summed E-state index contributed by atoms with van der Waals surface area (Å²) in [4.78, 5) is 22.5. The van der Waals surface area contributed by atoms with E-state index < -0.39 is 18.4 Å². The van der Waals surface area contributed by atoms with Gasteiger partial charge in [-0.3, -0.25) is 9.20 Å². The Kier molecular flexibility index (Phi) is 3.52. The van der Waals surface area contributed by atoms with Crippen molar-refractivity contribution in [2.45, 2.75) is 19.3 Å². The summed E-state index contributed by atoms with van der Waals surface area (Å²) in [7, 11) is 0. The number of aryl methyl sites for hydroxylation is 1. The van der Waals surface area contributed by atoms with Crippen molar-refractivity contribution in [1.82, 2.24) is 19.3 Å². The van der Waals surface area contributed by atoms with Crippen molar-refractivity contribution in [3.05, 3.63) is 54.3 Å². The van der Waals surface area contributed by atoms with E-state index in [0.717, 1.165) is 16.6 Å². The largest absolute Gasteiger partial charge is 0.441 e. The first-order chi connectivity index (χ1) is 13.4. The predicted octanol–water partition coefficient (Wildman–Crippen LogP) is 3.93. The smallest absolute Gasteiger partial charge is 0.272 e. The highest BCUT2D eigenvalue weighted by molar-refractivity contribution is 5.94. The Balaban J connectivity index is 1.55. The van der Waals surface area contributed by atoms with E-state index in [1.807, 2.05) is 24.3 Å². The van der Waals surface area contributed by atoms with Crippen molar-refractivity contribution in [3.63, 3.8) is 0 Å². The van der Waals surface area contributed by atoms with E-state index >= 15 is 0 Å². The summed E-state index contributed by atoms with van der Waals surface area (Å²) in [5, 5.41) is 0. The van der Waals surface area contributed by atoms with E-state index in [0.29, 0.717) is 17.1 Å². The fourth-order valence-corrected chi connectivity index (χ4v) is 3.60. The van der Waals surface area contributed by atoms with Crippen LogP contribution in [0.5, 0.6) is 0 Å². The number of hydrogen-bond donors (Lipinski definition) is 0. The Morgan fingerprint density at radius 2 is 2.04 bits per heavy atom. The lowest BCUT2D eigenvalue weighted by Gasteiger charge is -2.15. The Labute approximate surface area is 158 Å². The van der Waals surface area contributed by atoms with Crippen LogP contribution in [-0.2, 0) is 0 Å². The molecule has 5 rings (SSSR count). The number of oxazole rings is 1. The number of hydrogen-bond acceptors (Lipinski definition) is 4. The molecule has 8 heteroatoms. The zero-order valence-electron chi connectivity index (χ0n) is 15.0. The lowest BCUT2D eigenvalue weighted by molar-refractivity contribution is 0.0119. The summed E-state index contributed by atoms with van der Waals surface area (Å²) in [6.45, 7) is 1.28. The molecule has 28 heavy (non-hydrogen) atoms. The Hall–Kier alpha value is -3.29. The van der Waals surface area contributed by atoms with E-state index in [1.165, 1.54) is 11.1 Å². The van der Waals surface area contributed by atoms with E-state index in [-0.39, 0.29) is 18.7 Å². The van der Waals surface area contributed by atoms with Crippen molar-refractivity contribution >= 4 is 22.7 Å². The maximum atomic E-state index is 13.5. The number of carbonyl (C=O) groups is 1. The van der Waals surface area contributed by atoms with Gasteiger partial charge in [0, 0.05) is 26.1 Å². The quantitative estimate of drug-likeness (QED) is 0.527. The van der Waals surface area contributed by atoms with Crippen molar-refractivity contribution < 1.29 is 18.0 Å². The van der Waals surface area contributed by atoms with Crippen LogP contribution in [0, 0.1) is 6.92 Å². The SMILES string of the molecule is Cc1nc2cc(-c3ccc4ncc(C(=O)N5CCC(F)(F)C5)n4c3)ccc2o1. The molecule has 1 aliphatic rings. The topological polar surface area (TPSA) is 63.6 Å². The van der Waals surface area contributed by atoms with Gasteiger partial charge in [-0.1, -0.05) is 6.07 Å². The third-order valence-electron chi connectivity index (χ3n) is 5.01. The summed E-state index contributed by atoms with van der Waals surface area (Å²) >= 11 is 0. The van der Waals surface area contributed by atoms with E-state index in [9.17, 15) is 13.6 Å². The molecule has 1 fully saturated rings. The van der Waals surface area contributed by atoms with Crippen molar-refractivity contribution in [3.8, 4) is 11.1 Å². The number of carbonyl (C=O) groups excluding carboxylic acids is 1. The van der Waals surface area contributed by atoms with Gasteiger partial charge < -0.3 is 9.32 Å². The van der Waals surface area contributed by atoms with Crippen LogP contribution in [0.15, 0.2) is 47.1 Å². The molecule has 1 saturated heterocycles. The number of halogens is 2. The second-order valence-corrected chi connectivity index (χ2v) is 7.04. The van der Waals surface area contributed by atoms with Gasteiger partial charge in [0.1, 0.15) is 16.9 Å². The molecule has 142 valence electrons. The van der Waals surface area contributed by atoms with E-state index in [2.05, 4.69) is 9.97 Å². The van der Waals surface area contributed by atoms with Gasteiger partial charge in [-0.25, -0.2) is 18.7 Å². The molecule has 4 aromatic rings. The highest BCUT2D eigenvalue weighted by Gasteiger charge is 2.41. The zero-order chi connectivity index (χ0) is 19.5. The van der Waals surface area contributed by atoms with Gasteiger partial charge in [0.15, 0.2) is 11.5 Å². The first kappa shape index (κ1) is 16.9. The first-order valence-electron chi connectivity index (χ1n) is 8.91. The number of fused-ring (bicyclic) bond motifs is 2. The van der Waals surface area contributed by atoms with Gasteiger partial charge in [-0.15, -0.1) is 0 Å². The standard InChI is InChI=1S/C20H16F2N4O2/c1-12-24-15-8-13(2-4-17(15)28-12)14-3-5-18-23-9-16(26(18)10-14)19(27)25-7-6-20(21,22)11-25/h2-5,8-10H,6-7,11H2,1H3. The third-order valence-corrected chi connectivity index (χ3v) is 5.01. The lowest BCUT2D eigenvalue weighted by atomic mass is 10.1. The number of likely N-dealkylation sites (tertiary alicyclic amines) is 1. The molecule has 0 radical (unpaired) electrons. The summed E-state index contributed by atoms with van der Waals surface area (Å²) in [6, 6.07) is 9.36. The maximum absolute atomic E-state index is 13.5. The van der Waals surface area contributed by atoms with Crippen molar-refractivity contribution in [2.75, 3.05) is 13.1 Å². The summed E-state index contributed by atoms with van der Waals surface area (Å²) in [5.74, 6) is -2.68. The minimum atomic E-state index is -2.83. The maximum Gasteiger partial charge on any atom is 0.272 e. The average molecular weight is 382 g/mol. The van der Waals surface area contributed by atoms with Crippen molar-refractivity contribution in [2.24, 2.45) is 0 Å². The van der Waals surface area contributed by atoms with Crippen LogP contribution in [0.2, 0.25) is 0 Å². The Morgan fingerprint density at radius 3 is 2.82 bits per heavy atom. The first-order valence-corrected chi connectivity index (χ1v) is 8.91. The number of alkyl halides is 2. The molecule has 0 bridgehead atoms. The molecular weight excluding hydrogens is 366 g/mol. The number of rotatable bonds is 2. The van der Waals surface area contributed by atoms with Gasteiger partial charge in [0.05, 0.1) is 12.7 Å². The molecule has 0 aliphatic carbocycles. The minimum absolute atomic E-state index is 0.0426. The van der Waals surface area contributed by atoms with Gasteiger partial charge >= 0.3 is 0 Å². The molecule has 3 aromatic heterocycles. The number of pyridine rings is 1. The van der Waals surface area contributed by atoms with E-state index in [1.54, 1.807) is 23.6 Å². The fraction of sp³-hybridized carbons (Fsp3) is 0.250. The number of nitrogens with zero attached hydrogens (tertiary/aromatic N) is 4. The van der Waals surface area contributed by atoms with E-state index in [4.69, 9.17) is 4.42 Å². The molecule has 1 aromatic carbocycles. The molecule has 6 nitrogen and oxygen atoms in total. The summed E-state index contributed by atoms with van der Waals surface area (Å²) in [6.07, 6.45) is 2.91. The van der Waals surface area contributed by atoms with Crippen LogP contribution in [0.25, 0.3) is 27.9 Å². The Bertz CT molecular complexity index is 1230. The normalized spacial score (nSPS) is 16.3. The van der Waals surface area contributed by atoms with Crippen molar-refractivity contribution in [1.29, 1.82) is 0 Å². The number of aromatic nitrogens is 3. The Morgan fingerprint density at radius 1 is 1.21 bits per heavy atom. The van der Waals surface area contributed by atoms with Gasteiger partial charge in [0.25, 0.3) is 11.8 Å². The highest BCUT2D eigenvalue weighted by atomic mass is 19.3. The number of benzene rings is 1. The molecule has 4 heterocycles. The van der Waals surface area contributed by atoms with Gasteiger partial charge in [-0.2, -0.15) is 0 Å². The molecule has 1 aliphatic heterocycles. The van der Waals surface area contributed by atoms with Gasteiger partial charge in [-0.05, 0) is 35.4 Å². The molecule has 0 spiro atoms. The summed E-state index contributed by atoms with van der Waals surface area (Å²) < 4.78 is 34.1. The average Bonchev–Trinajstić information content (AvgIpc) is 3.35. The fourth-order valence-electron chi connectivity index (χ4n) is 3.60. The monoisotopic (exact) mass is 382 g/mol. The molecular formula is C20H16F2N4O2. The lowest BCUT2D eigenvalue weighted by Crippen LogP contribution is -2.32. The predicted molar refractivity (Wildman–Crippen MR) is 98.4 cm³/mol. The highest BCUT2D eigenvalue weighted by Crippen LogP contribution is 2.29. The van der Waals surface area contributed by atoms with Crippen LogP contribution in [-0.4, -0.2) is 44.2 Å². The molecule has 0 atom stereocenters. The van der Waals surface area contributed by atoms with Gasteiger partial charge in [0.2, 0.25) is 0 Å². The number of amides is 1. The van der Waals surface area contributed by atoms with Crippen LogP contribution in [0.4, 0.5) is 8.78 Å². The van der Waals surface area contributed by atoms with Crippen LogP contribution < -0.4 is 0 Å². The minimum Gasteiger partial charge on any atom is -0.441 e. The zero-order valence-corrected chi connectivity index (χ0v) is 15.0. The van der Waals surface area contributed by atoms with Crippen LogP contribution in [0.1, 0.15) is 22.8 Å². The second-order valence-electron chi connectivity index (χ2n) is 7.04. The van der Waals surface area contributed by atoms with Crippen LogP contribution in [0.3, 0.4) is 0 Å².